The standard InChI is InChI=1S/C20H21ClN2O5/c1-20(2,3)28-19(25)22-17(14-5-4-6-16(11-14)23(26)27)12-18(24)13-7-9-15(21)10-8-13/h4-11,17H,12H2,1-3H3,(H,22,25). The quantitative estimate of drug-likeness (QED) is 0.411. The van der Waals surface area contributed by atoms with E-state index in [1.54, 1.807) is 51.1 Å². The molecule has 0 aliphatic carbocycles. The molecule has 1 amide bonds. The van der Waals surface area contributed by atoms with E-state index in [1.807, 2.05) is 0 Å². The fraction of sp³-hybridized carbons (Fsp3) is 0.300. The molecule has 0 bridgehead atoms. The summed E-state index contributed by atoms with van der Waals surface area (Å²) in [6.45, 7) is 5.15. The van der Waals surface area contributed by atoms with E-state index in [-0.39, 0.29) is 17.9 Å². The maximum absolute atomic E-state index is 12.7. The maximum atomic E-state index is 12.7. The Bertz CT molecular complexity index is 875. The first-order valence-corrected chi connectivity index (χ1v) is 8.95. The number of ketones is 1. The largest absolute Gasteiger partial charge is 0.444 e. The molecule has 1 unspecified atom stereocenters. The van der Waals surface area contributed by atoms with Gasteiger partial charge < -0.3 is 10.1 Å². The van der Waals surface area contributed by atoms with Crippen LogP contribution in [0.15, 0.2) is 48.5 Å². The monoisotopic (exact) mass is 404 g/mol. The van der Waals surface area contributed by atoms with Gasteiger partial charge in [0.25, 0.3) is 5.69 Å². The molecule has 1 N–H and O–H groups in total. The van der Waals surface area contributed by atoms with Crippen molar-refractivity contribution in [1.82, 2.24) is 5.32 Å². The SMILES string of the molecule is CC(C)(C)OC(=O)NC(CC(=O)c1ccc(Cl)cc1)c1cccc([N+](=O)[O-])c1. The van der Waals surface area contributed by atoms with Crippen molar-refractivity contribution < 1.29 is 19.2 Å². The van der Waals surface area contributed by atoms with Crippen LogP contribution in [-0.4, -0.2) is 22.4 Å². The van der Waals surface area contributed by atoms with Gasteiger partial charge in [0.2, 0.25) is 0 Å². The smallest absolute Gasteiger partial charge is 0.408 e. The Morgan fingerprint density at radius 1 is 1.18 bits per heavy atom. The van der Waals surface area contributed by atoms with Gasteiger partial charge in [-0.05, 0) is 50.6 Å². The molecule has 2 aromatic carbocycles. The van der Waals surface area contributed by atoms with Crippen LogP contribution in [0.5, 0.6) is 0 Å². The van der Waals surface area contributed by atoms with Crippen LogP contribution in [0.2, 0.25) is 5.02 Å². The van der Waals surface area contributed by atoms with Gasteiger partial charge in [-0.3, -0.25) is 14.9 Å². The van der Waals surface area contributed by atoms with Crippen LogP contribution < -0.4 is 5.32 Å². The third-order valence-corrected chi connectivity index (χ3v) is 3.98. The van der Waals surface area contributed by atoms with Gasteiger partial charge in [0, 0.05) is 29.1 Å². The molecular formula is C20H21ClN2O5. The fourth-order valence-electron chi connectivity index (χ4n) is 2.50. The Hall–Kier alpha value is -2.93. The van der Waals surface area contributed by atoms with Crippen molar-refractivity contribution in [2.75, 3.05) is 0 Å². The number of benzene rings is 2. The molecule has 28 heavy (non-hydrogen) atoms. The predicted octanol–water partition coefficient (Wildman–Crippen LogP) is 5.09. The summed E-state index contributed by atoms with van der Waals surface area (Å²) in [5, 5.41) is 14.2. The molecule has 2 aromatic rings. The zero-order valence-electron chi connectivity index (χ0n) is 15.8. The minimum absolute atomic E-state index is 0.0952. The number of rotatable bonds is 6. The van der Waals surface area contributed by atoms with Crippen LogP contribution >= 0.6 is 11.6 Å². The number of nitrogens with zero attached hydrogens (tertiary/aromatic N) is 1. The minimum atomic E-state index is -0.794. The molecule has 1 atom stereocenters. The second kappa shape index (κ2) is 8.84. The van der Waals surface area contributed by atoms with Gasteiger partial charge >= 0.3 is 6.09 Å². The van der Waals surface area contributed by atoms with Crippen molar-refractivity contribution in [2.24, 2.45) is 0 Å². The number of halogens is 1. The molecule has 0 radical (unpaired) electrons. The molecule has 8 heteroatoms. The van der Waals surface area contributed by atoms with E-state index in [4.69, 9.17) is 16.3 Å². The van der Waals surface area contributed by atoms with Crippen molar-refractivity contribution in [3.8, 4) is 0 Å². The van der Waals surface area contributed by atoms with E-state index >= 15 is 0 Å². The molecule has 0 saturated heterocycles. The van der Waals surface area contributed by atoms with Crippen LogP contribution in [-0.2, 0) is 4.74 Å². The lowest BCUT2D eigenvalue weighted by molar-refractivity contribution is -0.384. The van der Waals surface area contributed by atoms with E-state index < -0.39 is 22.7 Å². The zero-order valence-corrected chi connectivity index (χ0v) is 16.5. The lowest BCUT2D eigenvalue weighted by Gasteiger charge is -2.23. The molecule has 0 aromatic heterocycles. The van der Waals surface area contributed by atoms with Gasteiger partial charge in [-0.1, -0.05) is 23.7 Å². The minimum Gasteiger partial charge on any atom is -0.444 e. The topological polar surface area (TPSA) is 98.5 Å². The summed E-state index contributed by atoms with van der Waals surface area (Å²) in [6, 6.07) is 11.4. The number of ether oxygens (including phenoxy) is 1. The van der Waals surface area contributed by atoms with E-state index in [2.05, 4.69) is 5.32 Å². The number of amides is 1. The second-order valence-electron chi connectivity index (χ2n) is 7.19. The lowest BCUT2D eigenvalue weighted by atomic mass is 9.97. The first-order valence-electron chi connectivity index (χ1n) is 8.58. The van der Waals surface area contributed by atoms with Crippen molar-refractivity contribution in [3.05, 3.63) is 74.8 Å². The number of hydrogen-bond acceptors (Lipinski definition) is 5. The number of nitro groups is 1. The lowest BCUT2D eigenvalue weighted by Crippen LogP contribution is -2.35. The highest BCUT2D eigenvalue weighted by Crippen LogP contribution is 2.24. The van der Waals surface area contributed by atoms with E-state index in [1.165, 1.54) is 18.2 Å². The Balaban J connectivity index is 2.28. The van der Waals surface area contributed by atoms with Crippen LogP contribution in [0.4, 0.5) is 10.5 Å². The Morgan fingerprint density at radius 3 is 2.39 bits per heavy atom. The van der Waals surface area contributed by atoms with Crippen LogP contribution in [0.25, 0.3) is 0 Å². The summed E-state index contributed by atoms with van der Waals surface area (Å²) in [5.41, 5.74) is -0.00190. The number of carbonyl (C=O) groups is 2. The number of carbonyl (C=O) groups excluding carboxylic acids is 2. The zero-order chi connectivity index (χ0) is 20.9. The molecule has 148 valence electrons. The molecule has 0 aliphatic heterocycles. The summed E-state index contributed by atoms with van der Waals surface area (Å²) >= 11 is 5.85. The second-order valence-corrected chi connectivity index (χ2v) is 7.62. The molecule has 0 aliphatic rings. The number of Topliss-reactive ketones (excluding diaryl/α,β-unsaturated/α-hetero) is 1. The molecule has 7 nitrogen and oxygen atoms in total. The Morgan fingerprint density at radius 2 is 1.82 bits per heavy atom. The maximum Gasteiger partial charge on any atom is 0.408 e. The van der Waals surface area contributed by atoms with Crippen LogP contribution in [0.3, 0.4) is 0 Å². The van der Waals surface area contributed by atoms with E-state index in [9.17, 15) is 19.7 Å². The summed E-state index contributed by atoms with van der Waals surface area (Å²) in [7, 11) is 0. The normalized spacial score (nSPS) is 12.1. The van der Waals surface area contributed by atoms with Crippen molar-refractivity contribution in [2.45, 2.75) is 38.8 Å². The van der Waals surface area contributed by atoms with E-state index in [0.717, 1.165) is 0 Å². The summed E-state index contributed by atoms with van der Waals surface area (Å²) in [6.07, 6.45) is -0.810. The Labute approximate surface area is 167 Å². The highest BCUT2D eigenvalue weighted by atomic mass is 35.5. The average Bonchev–Trinajstić information content (AvgIpc) is 2.60. The number of non-ortho nitro benzene ring substituents is 1. The number of hydrogen-bond donors (Lipinski definition) is 1. The van der Waals surface area contributed by atoms with Gasteiger partial charge in [0.15, 0.2) is 5.78 Å². The van der Waals surface area contributed by atoms with E-state index in [0.29, 0.717) is 16.1 Å². The highest BCUT2D eigenvalue weighted by Gasteiger charge is 2.24. The Kier molecular flexibility index (Phi) is 6.75. The van der Waals surface area contributed by atoms with Gasteiger partial charge in [-0.25, -0.2) is 4.79 Å². The van der Waals surface area contributed by atoms with Crippen molar-refractivity contribution >= 4 is 29.2 Å². The molecule has 0 saturated carbocycles. The van der Waals surface area contributed by atoms with Gasteiger partial charge in [0.05, 0.1) is 11.0 Å². The van der Waals surface area contributed by atoms with Crippen molar-refractivity contribution in [1.29, 1.82) is 0 Å². The van der Waals surface area contributed by atoms with Gasteiger partial charge in [0.1, 0.15) is 5.60 Å². The third-order valence-electron chi connectivity index (χ3n) is 3.73. The third kappa shape index (κ3) is 6.35. The molecule has 2 rings (SSSR count). The number of alkyl carbamates (subject to hydrolysis) is 1. The first-order chi connectivity index (χ1) is 13.0. The molecule has 0 spiro atoms. The van der Waals surface area contributed by atoms with Crippen LogP contribution in [0.1, 0.15) is 49.2 Å². The number of nitrogens with one attached hydrogen (secondary N) is 1. The first kappa shape index (κ1) is 21.4. The number of nitro benzene ring substituents is 1. The fourth-order valence-corrected chi connectivity index (χ4v) is 2.62. The molecular weight excluding hydrogens is 384 g/mol. The molecule has 0 fully saturated rings. The van der Waals surface area contributed by atoms with Gasteiger partial charge in [-0.15, -0.1) is 0 Å². The average molecular weight is 405 g/mol. The van der Waals surface area contributed by atoms with Crippen LogP contribution in [0, 0.1) is 10.1 Å². The van der Waals surface area contributed by atoms with Gasteiger partial charge in [-0.2, -0.15) is 0 Å². The summed E-state index contributed by atoms with van der Waals surface area (Å²) in [4.78, 5) is 35.4. The summed E-state index contributed by atoms with van der Waals surface area (Å²) in [5.74, 6) is -0.246. The summed E-state index contributed by atoms with van der Waals surface area (Å²) < 4.78 is 5.26. The van der Waals surface area contributed by atoms with Crippen molar-refractivity contribution in [3.63, 3.8) is 0 Å². The molecule has 0 heterocycles. The predicted molar refractivity (Wildman–Crippen MR) is 106 cm³/mol. The highest BCUT2D eigenvalue weighted by molar-refractivity contribution is 6.30.